The average molecular weight is 383 g/mol. The Morgan fingerprint density at radius 2 is 2.32 bits per heavy atom. The molecule has 3 heterocycles. The van der Waals surface area contributed by atoms with Gasteiger partial charge >= 0.3 is 5.97 Å². The first-order valence-corrected chi connectivity index (χ1v) is 8.77. The van der Waals surface area contributed by atoms with Crippen molar-refractivity contribution in [3.63, 3.8) is 0 Å². The number of nitrogens with zero attached hydrogens (tertiary/aromatic N) is 3. The lowest BCUT2D eigenvalue weighted by molar-refractivity contribution is -0.139. The second kappa shape index (κ2) is 6.72. The number of rotatable bonds is 5. The van der Waals surface area contributed by atoms with Gasteiger partial charge in [-0.15, -0.1) is 23.1 Å². The molecule has 12 heteroatoms. The number of hydrogen-bond acceptors (Lipinski definition) is 9. The number of fused-ring (bicyclic) bond motifs is 1. The fourth-order valence-corrected chi connectivity index (χ4v) is 4.22. The first kappa shape index (κ1) is 17.2. The van der Waals surface area contributed by atoms with Gasteiger partial charge < -0.3 is 21.0 Å². The second-order valence-corrected chi connectivity index (χ2v) is 7.14. The molecule has 132 valence electrons. The highest BCUT2D eigenvalue weighted by atomic mass is 32.2. The van der Waals surface area contributed by atoms with E-state index in [4.69, 9.17) is 5.73 Å². The van der Waals surface area contributed by atoms with E-state index in [9.17, 15) is 19.5 Å². The number of aliphatic carboxylic acids is 1. The number of nitrogen functional groups attached to an aromatic ring is 1. The van der Waals surface area contributed by atoms with Crippen LogP contribution in [0.1, 0.15) is 5.69 Å². The summed E-state index contributed by atoms with van der Waals surface area (Å²) in [5, 5.41) is 16.4. The Morgan fingerprint density at radius 1 is 1.56 bits per heavy atom. The number of anilines is 1. The summed E-state index contributed by atoms with van der Waals surface area (Å²) < 4.78 is 0. The Morgan fingerprint density at radius 3 is 2.92 bits per heavy atom. The fraction of sp³-hybridized carbons (Fsp3) is 0.308. The summed E-state index contributed by atoms with van der Waals surface area (Å²) in [6.45, 7) is 0. The van der Waals surface area contributed by atoms with E-state index in [1.54, 1.807) is 5.38 Å². The van der Waals surface area contributed by atoms with Crippen LogP contribution in [-0.2, 0) is 25.6 Å². The minimum absolute atomic E-state index is 0.0212. The van der Waals surface area contributed by atoms with E-state index in [-0.39, 0.29) is 23.7 Å². The zero-order valence-electron chi connectivity index (χ0n) is 12.8. The van der Waals surface area contributed by atoms with Crippen molar-refractivity contribution in [3.8, 4) is 0 Å². The van der Waals surface area contributed by atoms with Crippen LogP contribution < -0.4 is 11.1 Å². The third-order valence-corrected chi connectivity index (χ3v) is 5.34. The molecule has 0 aliphatic carbocycles. The van der Waals surface area contributed by atoms with Crippen LogP contribution in [-0.4, -0.2) is 56.3 Å². The van der Waals surface area contributed by atoms with Gasteiger partial charge in [0.15, 0.2) is 10.8 Å². The number of carboxylic acid groups (broad SMARTS) is 1. The maximum atomic E-state index is 12.1. The average Bonchev–Trinajstić information content (AvgIpc) is 2.96. The molecule has 2 aliphatic heterocycles. The van der Waals surface area contributed by atoms with E-state index < -0.39 is 22.6 Å². The Labute approximate surface area is 149 Å². The minimum atomic E-state index is -1.26. The van der Waals surface area contributed by atoms with Crippen LogP contribution in [0, 0.1) is 0 Å². The molecule has 2 amide bonds. The molecule has 0 spiro atoms. The van der Waals surface area contributed by atoms with Gasteiger partial charge in [0.2, 0.25) is 5.91 Å². The smallest absolute Gasteiger partial charge is 0.352 e. The molecule has 0 aromatic carbocycles. The van der Waals surface area contributed by atoms with Gasteiger partial charge in [0, 0.05) is 5.38 Å². The maximum Gasteiger partial charge on any atom is 0.352 e. The number of aromatic nitrogens is 1. The third kappa shape index (κ3) is 3.30. The highest BCUT2D eigenvalue weighted by Gasteiger charge is 2.52. The van der Waals surface area contributed by atoms with E-state index in [0.29, 0.717) is 10.8 Å². The first-order chi connectivity index (χ1) is 11.9. The Bertz CT molecular complexity index is 804. The largest absolute Gasteiger partial charge is 0.477 e. The molecule has 10 nitrogen and oxygen atoms in total. The quantitative estimate of drug-likeness (QED) is 0.459. The molecular formula is C13H13N5O5S2. The number of nitrogens with one attached hydrogen (secondary N) is 1. The van der Waals surface area contributed by atoms with Crippen molar-refractivity contribution in [2.24, 2.45) is 5.16 Å². The van der Waals surface area contributed by atoms with Gasteiger partial charge in [0.05, 0.1) is 17.5 Å². The monoisotopic (exact) mass is 383 g/mol. The number of carboxylic acids is 1. The summed E-state index contributed by atoms with van der Waals surface area (Å²) >= 11 is 2.41. The highest BCUT2D eigenvalue weighted by molar-refractivity contribution is 8.01. The van der Waals surface area contributed by atoms with Crippen LogP contribution >= 0.6 is 23.1 Å². The van der Waals surface area contributed by atoms with Gasteiger partial charge in [-0.2, -0.15) is 0 Å². The maximum absolute atomic E-state index is 12.1. The lowest BCUT2D eigenvalue weighted by Crippen LogP contribution is -2.63. The van der Waals surface area contributed by atoms with Gasteiger partial charge in [-0.25, -0.2) is 9.78 Å². The molecule has 0 bridgehead atoms. The standard InChI is InChI=1S/C13H13N5O5S2/c1-23-17-9-10(20)18-6(12(21)22)3-8(25-11(9)18)16-7(19)2-5-4-24-13(14)15-5/h3-4,8,11H,2H2,1H3,(H2,14,15)(H,16,19)(H,21,22)/b17-9-/t8?,11-/m1/s1. The number of β-lactam (4-membered cyclic amide) rings is 1. The number of thioether (sulfide) groups is 1. The van der Waals surface area contributed by atoms with Crippen molar-refractivity contribution in [3.05, 3.63) is 22.8 Å². The van der Waals surface area contributed by atoms with E-state index in [1.165, 1.54) is 36.3 Å². The molecule has 1 saturated heterocycles. The lowest BCUT2D eigenvalue weighted by Gasteiger charge is -2.44. The number of hydrogen-bond donors (Lipinski definition) is 3. The van der Waals surface area contributed by atoms with E-state index in [1.807, 2.05) is 0 Å². The molecule has 2 atom stereocenters. The molecule has 1 aromatic rings. The summed E-state index contributed by atoms with van der Waals surface area (Å²) in [5.41, 5.74) is 5.96. The molecule has 25 heavy (non-hydrogen) atoms. The number of carbonyl (C=O) groups excluding carboxylic acids is 2. The van der Waals surface area contributed by atoms with Crippen LogP contribution in [0.3, 0.4) is 0 Å². The molecule has 1 unspecified atom stereocenters. The number of amides is 2. The van der Waals surface area contributed by atoms with E-state index >= 15 is 0 Å². The number of nitrogens with two attached hydrogens (primary N) is 1. The van der Waals surface area contributed by atoms with Crippen molar-refractivity contribution in [1.82, 2.24) is 15.2 Å². The third-order valence-electron chi connectivity index (χ3n) is 3.37. The highest BCUT2D eigenvalue weighted by Crippen LogP contribution is 2.38. The molecule has 3 rings (SSSR count). The number of oxime groups is 1. The van der Waals surface area contributed by atoms with Crippen LogP contribution in [0.15, 0.2) is 22.3 Å². The van der Waals surface area contributed by atoms with Gasteiger partial charge in [-0.1, -0.05) is 5.16 Å². The Balaban J connectivity index is 1.74. The van der Waals surface area contributed by atoms with Crippen LogP contribution in [0.2, 0.25) is 0 Å². The first-order valence-electron chi connectivity index (χ1n) is 6.95. The summed E-state index contributed by atoms with van der Waals surface area (Å²) in [7, 11) is 1.29. The normalized spacial score (nSPS) is 23.6. The Hall–Kier alpha value is -2.60. The molecule has 2 aliphatic rings. The summed E-state index contributed by atoms with van der Waals surface area (Å²) in [4.78, 5) is 45.2. The van der Waals surface area contributed by atoms with Crippen molar-refractivity contribution in [2.45, 2.75) is 17.2 Å². The fourth-order valence-electron chi connectivity index (χ4n) is 2.37. The van der Waals surface area contributed by atoms with Gasteiger partial charge in [0.25, 0.3) is 5.91 Å². The van der Waals surface area contributed by atoms with Crippen LogP contribution in [0.4, 0.5) is 5.13 Å². The number of carbonyl (C=O) groups is 3. The molecule has 1 aromatic heterocycles. The van der Waals surface area contributed by atoms with Crippen LogP contribution in [0.25, 0.3) is 0 Å². The molecule has 0 radical (unpaired) electrons. The zero-order chi connectivity index (χ0) is 18.1. The van der Waals surface area contributed by atoms with Crippen molar-refractivity contribution < 1.29 is 24.3 Å². The molecule has 4 N–H and O–H groups in total. The van der Waals surface area contributed by atoms with Crippen molar-refractivity contribution in [2.75, 3.05) is 12.8 Å². The lowest BCUT2D eigenvalue weighted by atomic mass is 10.1. The number of thiazole rings is 1. The van der Waals surface area contributed by atoms with E-state index in [2.05, 4.69) is 20.3 Å². The zero-order valence-corrected chi connectivity index (χ0v) is 14.5. The SMILES string of the molecule is CO/N=C1/C(=O)N2C(C(=O)O)=CC(NC(=O)Cc3csc(N)n3)S[C@H]12. The molecule has 0 saturated carbocycles. The van der Waals surface area contributed by atoms with Gasteiger partial charge in [-0.05, 0) is 6.08 Å². The summed E-state index contributed by atoms with van der Waals surface area (Å²) in [5.74, 6) is -2.13. The predicted molar refractivity (Wildman–Crippen MR) is 90.5 cm³/mol. The van der Waals surface area contributed by atoms with Gasteiger partial charge in [0.1, 0.15) is 18.2 Å². The van der Waals surface area contributed by atoms with Crippen molar-refractivity contribution in [1.29, 1.82) is 0 Å². The van der Waals surface area contributed by atoms with E-state index in [0.717, 1.165) is 4.90 Å². The topological polar surface area (TPSA) is 147 Å². The Kier molecular flexibility index (Phi) is 4.63. The minimum Gasteiger partial charge on any atom is -0.477 e. The second-order valence-electron chi connectivity index (χ2n) is 5.02. The predicted octanol–water partition coefficient (Wildman–Crippen LogP) is -0.404. The van der Waals surface area contributed by atoms with Gasteiger partial charge in [-0.3, -0.25) is 14.5 Å². The molecule has 1 fully saturated rings. The molecular weight excluding hydrogens is 370 g/mol. The van der Waals surface area contributed by atoms with Crippen LogP contribution in [0.5, 0.6) is 0 Å². The summed E-state index contributed by atoms with van der Waals surface area (Å²) in [6.07, 6.45) is 1.34. The summed E-state index contributed by atoms with van der Waals surface area (Å²) in [6, 6.07) is 0. The van der Waals surface area contributed by atoms with Crippen molar-refractivity contribution >= 4 is 51.7 Å².